The minimum atomic E-state index is 0.466. The van der Waals surface area contributed by atoms with Gasteiger partial charge in [-0.1, -0.05) is 13.8 Å². The summed E-state index contributed by atoms with van der Waals surface area (Å²) in [6.07, 6.45) is 0. The van der Waals surface area contributed by atoms with Crippen LogP contribution in [0.25, 0.3) is 11.2 Å². The van der Waals surface area contributed by atoms with Crippen molar-refractivity contribution in [3.8, 4) is 0 Å². The summed E-state index contributed by atoms with van der Waals surface area (Å²) in [5.41, 5.74) is 2.80. The van der Waals surface area contributed by atoms with Gasteiger partial charge in [-0.25, -0.2) is 9.97 Å². The number of imidazole rings is 1. The number of fused-ring (bicyclic) bond motifs is 1. The standard InChI is InChI=1S/C11H16N4/c1-7(2)12-6-10-14-9-5-4-8(3)13-11(9)15-10/h4-5,7,12H,6H2,1-3H3,(H,13,14,15). The average molecular weight is 204 g/mol. The summed E-state index contributed by atoms with van der Waals surface area (Å²) < 4.78 is 0. The number of nitrogens with one attached hydrogen (secondary N) is 2. The van der Waals surface area contributed by atoms with Crippen LogP contribution in [0.4, 0.5) is 0 Å². The molecule has 0 aliphatic heterocycles. The molecule has 0 saturated carbocycles. The summed E-state index contributed by atoms with van der Waals surface area (Å²) >= 11 is 0. The van der Waals surface area contributed by atoms with Gasteiger partial charge < -0.3 is 10.3 Å². The molecule has 0 saturated heterocycles. The molecule has 0 bridgehead atoms. The molecule has 0 aromatic carbocycles. The molecule has 4 heteroatoms. The Bertz CT molecular complexity index is 459. The highest BCUT2D eigenvalue weighted by Gasteiger charge is 2.03. The number of aromatic amines is 1. The first-order valence-corrected chi connectivity index (χ1v) is 5.21. The lowest BCUT2D eigenvalue weighted by molar-refractivity contribution is 0.576. The van der Waals surface area contributed by atoms with Gasteiger partial charge in [-0.15, -0.1) is 0 Å². The third-order valence-corrected chi connectivity index (χ3v) is 2.21. The summed E-state index contributed by atoms with van der Waals surface area (Å²) in [6, 6.07) is 4.47. The lowest BCUT2D eigenvalue weighted by Crippen LogP contribution is -2.22. The van der Waals surface area contributed by atoms with Crippen molar-refractivity contribution in [2.24, 2.45) is 0 Å². The van der Waals surface area contributed by atoms with Gasteiger partial charge in [0.25, 0.3) is 0 Å². The molecule has 4 nitrogen and oxygen atoms in total. The molecule has 0 aliphatic rings. The van der Waals surface area contributed by atoms with E-state index in [1.54, 1.807) is 0 Å². The van der Waals surface area contributed by atoms with E-state index < -0.39 is 0 Å². The van der Waals surface area contributed by atoms with Crippen LogP contribution >= 0.6 is 0 Å². The molecule has 0 fully saturated rings. The second-order valence-electron chi connectivity index (χ2n) is 4.04. The van der Waals surface area contributed by atoms with E-state index >= 15 is 0 Å². The van der Waals surface area contributed by atoms with Crippen LogP contribution in [0, 0.1) is 6.92 Å². The minimum Gasteiger partial charge on any atom is -0.340 e. The first-order valence-electron chi connectivity index (χ1n) is 5.21. The quantitative estimate of drug-likeness (QED) is 0.801. The van der Waals surface area contributed by atoms with Crippen molar-refractivity contribution in [2.45, 2.75) is 33.4 Å². The molecule has 0 spiro atoms. The van der Waals surface area contributed by atoms with Crippen molar-refractivity contribution in [3.05, 3.63) is 23.7 Å². The molecule has 15 heavy (non-hydrogen) atoms. The molecule has 80 valence electrons. The van der Waals surface area contributed by atoms with E-state index in [-0.39, 0.29) is 0 Å². The van der Waals surface area contributed by atoms with Gasteiger partial charge >= 0.3 is 0 Å². The Balaban J connectivity index is 2.23. The smallest absolute Gasteiger partial charge is 0.177 e. The highest BCUT2D eigenvalue weighted by Crippen LogP contribution is 2.09. The maximum atomic E-state index is 4.42. The lowest BCUT2D eigenvalue weighted by atomic mass is 10.3. The van der Waals surface area contributed by atoms with Gasteiger partial charge in [0.05, 0.1) is 12.1 Å². The second-order valence-corrected chi connectivity index (χ2v) is 4.04. The van der Waals surface area contributed by atoms with E-state index in [2.05, 4.69) is 34.1 Å². The highest BCUT2D eigenvalue weighted by atomic mass is 15.0. The molecule has 2 N–H and O–H groups in total. The van der Waals surface area contributed by atoms with Crippen LogP contribution in [0.2, 0.25) is 0 Å². The molecule has 0 atom stereocenters. The van der Waals surface area contributed by atoms with Gasteiger partial charge in [0.1, 0.15) is 5.82 Å². The summed E-state index contributed by atoms with van der Waals surface area (Å²) in [5, 5.41) is 3.32. The van der Waals surface area contributed by atoms with Crippen molar-refractivity contribution in [3.63, 3.8) is 0 Å². The first-order chi connectivity index (χ1) is 7.15. The van der Waals surface area contributed by atoms with E-state index in [0.717, 1.165) is 29.2 Å². The van der Waals surface area contributed by atoms with Crippen LogP contribution in [-0.4, -0.2) is 21.0 Å². The van der Waals surface area contributed by atoms with Crippen LogP contribution in [0.15, 0.2) is 12.1 Å². The topological polar surface area (TPSA) is 53.6 Å². The van der Waals surface area contributed by atoms with Crippen molar-refractivity contribution < 1.29 is 0 Å². The van der Waals surface area contributed by atoms with E-state index in [9.17, 15) is 0 Å². The van der Waals surface area contributed by atoms with Gasteiger partial charge in [0.15, 0.2) is 5.65 Å². The molecule has 0 radical (unpaired) electrons. The number of pyridine rings is 1. The second kappa shape index (κ2) is 3.98. The Morgan fingerprint density at radius 2 is 2.13 bits per heavy atom. The molecule has 0 aliphatic carbocycles. The number of H-pyrrole nitrogens is 1. The van der Waals surface area contributed by atoms with Gasteiger partial charge in [-0.3, -0.25) is 0 Å². The molecular formula is C11H16N4. The zero-order valence-corrected chi connectivity index (χ0v) is 9.33. The van der Waals surface area contributed by atoms with Gasteiger partial charge in [0, 0.05) is 11.7 Å². The van der Waals surface area contributed by atoms with E-state index in [4.69, 9.17) is 0 Å². The fourth-order valence-electron chi connectivity index (χ4n) is 1.42. The molecule has 2 aromatic heterocycles. The number of nitrogens with zero attached hydrogens (tertiary/aromatic N) is 2. The maximum Gasteiger partial charge on any atom is 0.177 e. The van der Waals surface area contributed by atoms with Gasteiger partial charge in [-0.2, -0.15) is 0 Å². The van der Waals surface area contributed by atoms with Crippen LogP contribution in [-0.2, 0) is 6.54 Å². The van der Waals surface area contributed by atoms with Crippen LogP contribution < -0.4 is 5.32 Å². The summed E-state index contributed by atoms with van der Waals surface area (Å²) in [5.74, 6) is 0.941. The van der Waals surface area contributed by atoms with Crippen LogP contribution in [0.3, 0.4) is 0 Å². The van der Waals surface area contributed by atoms with Crippen molar-refractivity contribution >= 4 is 11.2 Å². The summed E-state index contributed by atoms with van der Waals surface area (Å²) in [6.45, 7) is 6.96. The zero-order chi connectivity index (χ0) is 10.8. The highest BCUT2D eigenvalue weighted by molar-refractivity contribution is 5.70. The number of hydrogen-bond acceptors (Lipinski definition) is 3. The average Bonchev–Trinajstić information content (AvgIpc) is 2.56. The monoisotopic (exact) mass is 204 g/mol. The Hall–Kier alpha value is -1.42. The molecule has 2 aromatic rings. The van der Waals surface area contributed by atoms with Crippen LogP contribution in [0.5, 0.6) is 0 Å². The molecule has 2 rings (SSSR count). The fourth-order valence-corrected chi connectivity index (χ4v) is 1.42. The molecule has 0 unspecified atom stereocenters. The predicted octanol–water partition coefficient (Wildman–Crippen LogP) is 1.76. The summed E-state index contributed by atoms with van der Waals surface area (Å²) in [4.78, 5) is 12.0. The van der Waals surface area contributed by atoms with Crippen molar-refractivity contribution in [1.29, 1.82) is 0 Å². The predicted molar refractivity (Wildman–Crippen MR) is 60.6 cm³/mol. The Morgan fingerprint density at radius 3 is 2.87 bits per heavy atom. The normalized spacial score (nSPS) is 11.5. The lowest BCUT2D eigenvalue weighted by Gasteiger charge is -2.04. The van der Waals surface area contributed by atoms with Gasteiger partial charge in [-0.05, 0) is 19.1 Å². The third-order valence-electron chi connectivity index (χ3n) is 2.21. The number of aromatic nitrogens is 3. The maximum absolute atomic E-state index is 4.42. The van der Waals surface area contributed by atoms with Crippen molar-refractivity contribution in [1.82, 2.24) is 20.3 Å². The molecular weight excluding hydrogens is 188 g/mol. The number of rotatable bonds is 3. The van der Waals surface area contributed by atoms with E-state index in [0.29, 0.717) is 6.04 Å². The van der Waals surface area contributed by atoms with Crippen molar-refractivity contribution in [2.75, 3.05) is 0 Å². The third kappa shape index (κ3) is 2.33. The summed E-state index contributed by atoms with van der Waals surface area (Å²) in [7, 11) is 0. The van der Waals surface area contributed by atoms with Gasteiger partial charge in [0.2, 0.25) is 0 Å². The Labute approximate surface area is 89.1 Å². The SMILES string of the molecule is Cc1ccc2[nH]c(CNC(C)C)nc2n1. The zero-order valence-electron chi connectivity index (χ0n) is 9.33. The van der Waals surface area contributed by atoms with E-state index in [1.807, 2.05) is 19.1 Å². The van der Waals surface area contributed by atoms with E-state index in [1.165, 1.54) is 0 Å². The molecule has 0 amide bonds. The molecule has 2 heterocycles. The number of hydrogen-bond donors (Lipinski definition) is 2. The number of aryl methyl sites for hydroxylation is 1. The Kier molecular flexibility index (Phi) is 2.68. The fraction of sp³-hybridized carbons (Fsp3) is 0.455. The first kappa shape index (κ1) is 10.1. The van der Waals surface area contributed by atoms with Crippen LogP contribution in [0.1, 0.15) is 25.4 Å². The Morgan fingerprint density at radius 1 is 1.33 bits per heavy atom. The minimum absolute atomic E-state index is 0.466. The largest absolute Gasteiger partial charge is 0.340 e.